The summed E-state index contributed by atoms with van der Waals surface area (Å²) < 4.78 is 15.5. The lowest BCUT2D eigenvalue weighted by molar-refractivity contribution is 0.268. The first-order valence-corrected chi connectivity index (χ1v) is 21.1. The third-order valence-electron chi connectivity index (χ3n) is 10.5. The fourth-order valence-corrected chi connectivity index (χ4v) is 12.8. The summed E-state index contributed by atoms with van der Waals surface area (Å²) >= 11 is 0. The Morgan fingerprint density at radius 2 is 1.40 bits per heavy atom. The van der Waals surface area contributed by atoms with Gasteiger partial charge in [-0.2, -0.15) is 0 Å². The number of nitrogens with zero attached hydrogens (tertiary/aromatic N) is 1. The van der Waals surface area contributed by atoms with Crippen molar-refractivity contribution in [2.45, 2.75) is 136 Å². The maximum atomic E-state index is 15.5. The molecule has 0 spiro atoms. The molecule has 2 saturated carbocycles. The lowest BCUT2D eigenvalue weighted by Gasteiger charge is -2.48. The van der Waals surface area contributed by atoms with Crippen molar-refractivity contribution in [1.29, 1.82) is 0 Å². The molecule has 0 saturated heterocycles. The first-order chi connectivity index (χ1) is 23.6. The van der Waals surface area contributed by atoms with Gasteiger partial charge in [-0.3, -0.25) is 4.98 Å². The summed E-state index contributed by atoms with van der Waals surface area (Å²) in [6, 6.07) is 13.4. The summed E-state index contributed by atoms with van der Waals surface area (Å²) in [4.78, 5) is 4.67. The molecule has 1 aromatic carbocycles. The molecule has 2 fully saturated rings. The van der Waals surface area contributed by atoms with Gasteiger partial charge in [0, 0.05) is 34.4 Å². The molecule has 0 N–H and O–H groups in total. The summed E-state index contributed by atoms with van der Waals surface area (Å²) in [6.07, 6.45) is 38.4. The highest BCUT2D eigenvalue weighted by Crippen LogP contribution is 2.69. The average Bonchev–Trinajstić information content (AvgIpc) is 3.63. The van der Waals surface area contributed by atoms with Crippen LogP contribution in [0.1, 0.15) is 129 Å². The lowest BCUT2D eigenvalue weighted by atomic mass is 9.57. The Labute approximate surface area is 294 Å². The van der Waals surface area contributed by atoms with Crippen LogP contribution in [0.5, 0.6) is 0 Å². The van der Waals surface area contributed by atoms with Gasteiger partial charge in [0.05, 0.1) is 0 Å². The van der Waals surface area contributed by atoms with Crippen molar-refractivity contribution in [3.05, 3.63) is 137 Å². The first-order valence-electron chi connectivity index (χ1n) is 19.3. The first kappa shape index (κ1) is 39.5. The molecule has 3 heteroatoms. The van der Waals surface area contributed by atoms with Gasteiger partial charge in [0.2, 0.25) is 0 Å². The highest BCUT2D eigenvalue weighted by molar-refractivity contribution is 7.69. The fourth-order valence-electron chi connectivity index (χ4n) is 8.53. The highest BCUT2D eigenvalue weighted by Gasteiger charge is 2.50. The Morgan fingerprint density at radius 1 is 0.708 bits per heavy atom. The number of pyridine rings is 1. The van der Waals surface area contributed by atoms with E-state index in [-0.39, 0.29) is 11.1 Å². The Bertz CT molecular complexity index is 1460. The Morgan fingerprint density at radius 3 is 2.08 bits per heavy atom. The predicted molar refractivity (Wildman–Crippen MR) is 212 cm³/mol. The van der Waals surface area contributed by atoms with E-state index in [1.807, 2.05) is 47.7 Å². The summed E-state index contributed by atoms with van der Waals surface area (Å²) in [6.45, 7) is 14.3. The molecule has 0 aliphatic heterocycles. The van der Waals surface area contributed by atoms with E-state index in [2.05, 4.69) is 115 Å². The van der Waals surface area contributed by atoms with Crippen LogP contribution in [0.4, 0.5) is 0 Å². The minimum absolute atomic E-state index is 0.267. The van der Waals surface area contributed by atoms with Crippen LogP contribution in [0.25, 0.3) is 0 Å². The summed E-state index contributed by atoms with van der Waals surface area (Å²) in [7, 11) is -2.57. The van der Waals surface area contributed by atoms with E-state index < -0.39 is 7.14 Å². The molecule has 2 nitrogen and oxygen atoms in total. The van der Waals surface area contributed by atoms with Gasteiger partial charge in [-0.05, 0) is 92.5 Å². The van der Waals surface area contributed by atoms with Gasteiger partial charge in [0.1, 0.15) is 7.14 Å². The van der Waals surface area contributed by atoms with Gasteiger partial charge in [-0.1, -0.05) is 152 Å². The van der Waals surface area contributed by atoms with Gasteiger partial charge in [0.15, 0.2) is 0 Å². The molecule has 6 rings (SSSR count). The highest BCUT2D eigenvalue weighted by atomic mass is 31.2. The van der Waals surface area contributed by atoms with E-state index >= 15 is 4.57 Å². The second kappa shape index (κ2) is 20.5. The molecule has 2 aromatic rings. The van der Waals surface area contributed by atoms with Crippen molar-refractivity contribution < 1.29 is 4.57 Å². The zero-order chi connectivity index (χ0) is 34.8. The van der Waals surface area contributed by atoms with Crippen molar-refractivity contribution in [2.75, 3.05) is 0 Å². The molecular weight excluding hydrogens is 601 g/mol. The SMILES string of the molecule is CC.CC.CC.Cc1ccccc1C(C1=CCC=CC=C1)(c1cccnc1)C1CCC(P(=O)(C2=CC=CCC=C2)C2CCCCC2)CC1. The second-order valence-electron chi connectivity index (χ2n) is 12.7. The van der Waals surface area contributed by atoms with Crippen molar-refractivity contribution in [3.8, 4) is 0 Å². The van der Waals surface area contributed by atoms with Crippen molar-refractivity contribution in [3.63, 3.8) is 0 Å². The van der Waals surface area contributed by atoms with Gasteiger partial charge < -0.3 is 4.57 Å². The van der Waals surface area contributed by atoms with Gasteiger partial charge in [0.25, 0.3) is 0 Å². The molecule has 260 valence electrons. The van der Waals surface area contributed by atoms with Gasteiger partial charge in [-0.25, -0.2) is 0 Å². The predicted octanol–water partition coefficient (Wildman–Crippen LogP) is 13.9. The second-order valence-corrected chi connectivity index (χ2v) is 16.1. The summed E-state index contributed by atoms with van der Waals surface area (Å²) in [5.74, 6) is 0.395. The summed E-state index contributed by atoms with van der Waals surface area (Å²) in [5.41, 5.74) is 5.66. The lowest BCUT2D eigenvalue weighted by Crippen LogP contribution is -2.42. The number of allylic oxidation sites excluding steroid dienone is 12. The van der Waals surface area contributed by atoms with Crippen LogP contribution in [0, 0.1) is 12.8 Å². The monoisotopic (exact) mass is 665 g/mol. The Kier molecular flexibility index (Phi) is 16.9. The molecule has 0 bridgehead atoms. The molecule has 0 radical (unpaired) electrons. The topological polar surface area (TPSA) is 30.0 Å². The number of hydrogen-bond acceptors (Lipinski definition) is 2. The largest absolute Gasteiger partial charge is 0.318 e. The zero-order valence-electron chi connectivity index (χ0n) is 31.2. The quantitative estimate of drug-likeness (QED) is 0.276. The molecule has 2 atom stereocenters. The van der Waals surface area contributed by atoms with E-state index in [0.29, 0.717) is 11.6 Å². The van der Waals surface area contributed by atoms with Gasteiger partial charge in [-0.15, -0.1) is 0 Å². The Balaban J connectivity index is 0.000000987. The fraction of sp³-hybridized carbons (Fsp3) is 0.489. The van der Waals surface area contributed by atoms with Crippen LogP contribution in [0.15, 0.2) is 120 Å². The van der Waals surface area contributed by atoms with Crippen molar-refractivity contribution in [1.82, 2.24) is 4.98 Å². The molecule has 1 aromatic heterocycles. The normalized spacial score (nSPS) is 23.1. The summed E-state index contributed by atoms with van der Waals surface area (Å²) in [5, 5.41) is 1.14. The number of rotatable bonds is 7. The van der Waals surface area contributed by atoms with Crippen LogP contribution in [-0.2, 0) is 9.98 Å². The number of aryl methyl sites for hydroxylation is 1. The van der Waals surface area contributed by atoms with Crippen LogP contribution in [0.2, 0.25) is 0 Å². The van der Waals surface area contributed by atoms with Crippen LogP contribution >= 0.6 is 7.14 Å². The average molecular weight is 666 g/mol. The molecule has 1 heterocycles. The number of aromatic nitrogens is 1. The number of benzene rings is 1. The molecule has 4 aliphatic rings. The maximum absolute atomic E-state index is 15.5. The molecular formula is C45H64NOP. The molecule has 2 unspecified atom stereocenters. The van der Waals surface area contributed by atoms with E-state index in [9.17, 15) is 0 Å². The van der Waals surface area contributed by atoms with Crippen LogP contribution < -0.4 is 0 Å². The minimum atomic E-state index is -2.57. The van der Waals surface area contributed by atoms with Crippen molar-refractivity contribution in [2.24, 2.45) is 5.92 Å². The molecule has 0 amide bonds. The van der Waals surface area contributed by atoms with E-state index in [1.165, 1.54) is 41.5 Å². The van der Waals surface area contributed by atoms with Crippen molar-refractivity contribution >= 4 is 7.14 Å². The van der Waals surface area contributed by atoms with E-state index in [1.54, 1.807) is 0 Å². The molecule has 48 heavy (non-hydrogen) atoms. The van der Waals surface area contributed by atoms with E-state index in [0.717, 1.165) is 56.7 Å². The van der Waals surface area contributed by atoms with Gasteiger partial charge >= 0.3 is 0 Å². The maximum Gasteiger partial charge on any atom is 0.121 e. The zero-order valence-corrected chi connectivity index (χ0v) is 32.1. The third kappa shape index (κ3) is 8.60. The van der Waals surface area contributed by atoms with Crippen LogP contribution in [0.3, 0.4) is 0 Å². The minimum Gasteiger partial charge on any atom is -0.318 e. The smallest absolute Gasteiger partial charge is 0.121 e. The van der Waals surface area contributed by atoms with Crippen LogP contribution in [-0.4, -0.2) is 16.3 Å². The standard InChI is InChI=1S/C39H46NOP.3C2H6/c1-31-16-13-14-24-38(31)39(34-19-15-29-40-30-34,32-17-7-2-3-8-18-32)33-25-27-37(28-26-33)42(41,36-22-11-6-12-23-36)35-20-9-4-5-10-21-35;3*1-2/h2-4,7,9-10,13-21,24,29-30,33,36-37H,5-6,8,11-12,22-23,25-28H2,1H3;3*1-2H3. The van der Waals surface area contributed by atoms with E-state index in [4.69, 9.17) is 0 Å². The number of hydrogen-bond donors (Lipinski definition) is 0. The molecule has 4 aliphatic carbocycles. The Hall–Kier alpha value is -2.96. The third-order valence-corrected chi connectivity index (χ3v) is 14.8.